The van der Waals surface area contributed by atoms with Crippen LogP contribution in [0.15, 0.2) is 0 Å². The van der Waals surface area contributed by atoms with E-state index in [2.05, 4.69) is 41.5 Å². The molecule has 0 spiro atoms. The summed E-state index contributed by atoms with van der Waals surface area (Å²) >= 11 is -7.25. The van der Waals surface area contributed by atoms with E-state index in [0.29, 0.717) is 0 Å². The zero-order chi connectivity index (χ0) is 18.1. The van der Waals surface area contributed by atoms with Crippen molar-refractivity contribution in [3.05, 3.63) is 0 Å². The molecule has 0 atom stereocenters. The Balaban J connectivity index is 6.01. The minimum absolute atomic E-state index is 1.11. The van der Waals surface area contributed by atoms with Gasteiger partial charge in [-0.2, -0.15) is 0 Å². The van der Waals surface area contributed by atoms with Gasteiger partial charge in [-0.05, 0) is 0 Å². The van der Waals surface area contributed by atoms with Crippen LogP contribution in [0, 0.1) is 0 Å². The Morgan fingerprint density at radius 2 is 0.652 bits per heavy atom. The van der Waals surface area contributed by atoms with Gasteiger partial charge in [-0.1, -0.05) is 0 Å². The van der Waals surface area contributed by atoms with Crippen LogP contribution in [0.2, 0.25) is 26.2 Å². The Labute approximate surface area is 157 Å². The molecule has 23 heavy (non-hydrogen) atoms. The molecule has 0 bridgehead atoms. The molecule has 0 radical (unpaired) electrons. The van der Waals surface area contributed by atoms with Crippen molar-refractivity contribution in [2.45, 2.75) is 106 Å². The number of hydrogen-bond donors (Lipinski definition) is 0. The predicted molar refractivity (Wildman–Crippen MR) is 115 cm³/mol. The van der Waals surface area contributed by atoms with Crippen molar-refractivity contribution in [3.63, 3.8) is 0 Å². The Morgan fingerprint density at radius 3 is 0.783 bits per heavy atom. The van der Waals surface area contributed by atoms with E-state index >= 15 is 0 Å². The molecule has 0 amide bonds. The molecule has 0 unspecified atom stereocenters. The fourth-order valence-electron chi connectivity index (χ4n) is 4.38. The van der Waals surface area contributed by atoms with Crippen LogP contribution in [-0.2, 0) is 1.29 Å². The summed E-state index contributed by atoms with van der Waals surface area (Å²) in [6.45, 7) is 13.6. The van der Waals surface area contributed by atoms with E-state index in [1.165, 1.54) is 0 Å². The van der Waals surface area contributed by atoms with Crippen LogP contribution in [0.1, 0.15) is 80.1 Å². The summed E-state index contributed by atoms with van der Waals surface area (Å²) in [4.78, 5) is 0. The Kier molecular flexibility index (Phi) is 11.5. The molecule has 0 saturated carbocycles. The molecule has 0 N–H and O–H groups in total. The van der Waals surface area contributed by atoms with Crippen molar-refractivity contribution in [1.29, 1.82) is 0 Å². The van der Waals surface area contributed by atoms with Gasteiger partial charge in [0.05, 0.1) is 0 Å². The first-order valence-corrected chi connectivity index (χ1v) is 29.2. The van der Waals surface area contributed by atoms with Crippen LogP contribution in [0.3, 0.4) is 0 Å². The van der Waals surface area contributed by atoms with E-state index in [9.17, 15) is 0 Å². The van der Waals surface area contributed by atoms with Crippen LogP contribution < -0.4 is 0 Å². The predicted octanol–water partition coefficient (Wildman–Crippen LogP) is 8.73. The van der Waals surface area contributed by atoms with E-state index < -0.39 is 33.4 Å². The molecule has 144 valence electrons. The van der Waals surface area contributed by atoms with Crippen molar-refractivity contribution < 1.29 is 1.29 Å². The average Bonchev–Trinajstić information content (AvgIpc) is 2.39. The molecule has 0 aliphatic rings. The molecule has 0 aromatic carbocycles. The molecule has 0 fully saturated rings. The van der Waals surface area contributed by atoms with Gasteiger partial charge in [0.25, 0.3) is 0 Å². The second kappa shape index (κ2) is 10.5. The van der Waals surface area contributed by atoms with E-state index in [-0.39, 0.29) is 0 Å². The molecule has 0 rings (SSSR count). The van der Waals surface area contributed by atoms with Crippen molar-refractivity contribution in [3.8, 4) is 0 Å². The number of halogens is 2. The molecule has 0 aromatic heterocycles. The summed E-state index contributed by atoms with van der Waals surface area (Å²) in [5.74, 6) is 0. The van der Waals surface area contributed by atoms with Crippen LogP contribution >= 0.6 is 17.7 Å². The van der Waals surface area contributed by atoms with Gasteiger partial charge in [-0.25, -0.2) is 0 Å². The average molecular weight is 589 g/mol. The Morgan fingerprint density at radius 1 is 0.478 bits per heavy atom. The number of hydrogen-bond acceptors (Lipinski definition) is 1. The third-order valence-corrected chi connectivity index (χ3v) is 59.5. The summed E-state index contributed by atoms with van der Waals surface area (Å²) in [5, 5.41) is 0. The zero-order valence-corrected chi connectivity index (χ0v) is 23.2. The van der Waals surface area contributed by atoms with Gasteiger partial charge in [0, 0.05) is 0 Å². The fourth-order valence-corrected chi connectivity index (χ4v) is 81.1. The monoisotopic (exact) mass is 586 g/mol. The van der Waals surface area contributed by atoms with Gasteiger partial charge in [-0.15, -0.1) is 0 Å². The second-order valence-electron chi connectivity index (χ2n) is 7.39. The number of rotatable bonds is 14. The van der Waals surface area contributed by atoms with Crippen molar-refractivity contribution in [2.75, 3.05) is 0 Å². The third kappa shape index (κ3) is 7.37. The zero-order valence-electron chi connectivity index (χ0n) is 16.5. The van der Waals surface area contributed by atoms with Crippen LogP contribution in [-0.4, -0.2) is 33.4 Å². The van der Waals surface area contributed by atoms with Crippen molar-refractivity contribution in [2.24, 2.45) is 0 Å². The molecular weight excluding hydrogens is 547 g/mol. The molecule has 0 aromatic rings. The molecule has 5 heteroatoms. The summed E-state index contributed by atoms with van der Waals surface area (Å²) in [6.07, 6.45) is 6.81. The van der Waals surface area contributed by atoms with Gasteiger partial charge < -0.3 is 0 Å². The summed E-state index contributed by atoms with van der Waals surface area (Å²) in [7, 11) is 15.2. The molecular formula is C18H42Cl2OSb2. The standard InChI is InChI=1S/6C3H7.2ClH.O.2Sb/c6*1-3-2;;;;;/h6*1,3H2,2H3;2*1H;;;/q;;;;;;;;;2*+1/p-2. The third-order valence-electron chi connectivity index (χ3n) is 4.70. The second-order valence-corrected chi connectivity index (χ2v) is 47.1. The van der Waals surface area contributed by atoms with Gasteiger partial charge >= 0.3 is 159 Å². The van der Waals surface area contributed by atoms with Gasteiger partial charge in [0.2, 0.25) is 0 Å². The van der Waals surface area contributed by atoms with Gasteiger partial charge in [0.15, 0.2) is 0 Å². The van der Waals surface area contributed by atoms with Gasteiger partial charge in [0.1, 0.15) is 0 Å². The molecule has 0 heterocycles. The summed E-state index contributed by atoms with van der Waals surface area (Å²) in [6, 6.07) is 0. The first-order chi connectivity index (χ1) is 10.7. The molecule has 0 aliphatic carbocycles. The van der Waals surface area contributed by atoms with E-state index in [1.807, 2.05) is 0 Å². The summed E-state index contributed by atoms with van der Waals surface area (Å²) in [5.41, 5.74) is 0. The van der Waals surface area contributed by atoms with Crippen molar-refractivity contribution in [1.82, 2.24) is 0 Å². The minimum atomic E-state index is -3.63. The van der Waals surface area contributed by atoms with Crippen LogP contribution in [0.4, 0.5) is 0 Å². The maximum atomic E-state index is 7.62. The molecule has 0 aliphatic heterocycles. The molecule has 1 nitrogen and oxygen atoms in total. The van der Waals surface area contributed by atoms with Gasteiger partial charge in [-0.3, -0.25) is 0 Å². The van der Waals surface area contributed by atoms with Crippen LogP contribution in [0.25, 0.3) is 0 Å². The Bertz CT molecular complexity index is 278. The van der Waals surface area contributed by atoms with Crippen LogP contribution in [0.5, 0.6) is 0 Å². The first kappa shape index (κ1) is 25.2. The van der Waals surface area contributed by atoms with E-state index in [4.69, 9.17) is 19.0 Å². The molecule has 0 saturated heterocycles. The van der Waals surface area contributed by atoms with E-state index in [1.54, 1.807) is 0 Å². The quantitative estimate of drug-likeness (QED) is 0.184. The maximum absolute atomic E-state index is 7.62. The SMILES string of the molecule is CC[CH2][Sb]([Cl])([CH2]CC)([CH2]CC)[O][Sb]([Cl])([CH2]CC)([CH2]CC)[CH2]CC. The summed E-state index contributed by atoms with van der Waals surface area (Å²) < 4.78 is 14.1. The van der Waals surface area contributed by atoms with E-state index in [0.717, 1.165) is 64.7 Å². The Hall–Kier alpha value is 2.18. The van der Waals surface area contributed by atoms with Crippen molar-refractivity contribution >= 4 is 51.0 Å². The fraction of sp³-hybridized carbons (Fsp3) is 1.00. The topological polar surface area (TPSA) is 9.23 Å². The normalized spacial score (nSPS) is 16.5. The first-order valence-electron chi connectivity index (χ1n) is 9.84.